The molecule has 0 spiro atoms. The second kappa shape index (κ2) is 6.81. The lowest BCUT2D eigenvalue weighted by molar-refractivity contribution is 0.0950. The standard InChI is InChI=1S/C16H21N7O2/c1-25-10-4-2-3-9(7-10)13(24)11-8-20-5-6-23(11)15-12(17)14(18)21-16(19)22-15/h2-4,7,11,20H,5-6,8,17H2,1H3,(H4,18,19,21,22). The van der Waals surface area contributed by atoms with Crippen LogP contribution in [0.5, 0.6) is 5.75 Å². The summed E-state index contributed by atoms with van der Waals surface area (Å²) in [5.74, 6) is 1.06. The number of carbonyl (C=O) groups is 1. The molecule has 0 saturated carbocycles. The fourth-order valence-corrected chi connectivity index (χ4v) is 2.87. The van der Waals surface area contributed by atoms with E-state index < -0.39 is 6.04 Å². The fourth-order valence-electron chi connectivity index (χ4n) is 2.87. The van der Waals surface area contributed by atoms with Crippen LogP contribution in [0.4, 0.5) is 23.3 Å². The number of hydrogen-bond acceptors (Lipinski definition) is 9. The number of Topliss-reactive ketones (excluding diaryl/α,β-unsaturated/α-hetero) is 1. The minimum Gasteiger partial charge on any atom is -0.497 e. The molecule has 0 amide bonds. The van der Waals surface area contributed by atoms with Gasteiger partial charge >= 0.3 is 0 Å². The first kappa shape index (κ1) is 16.8. The Morgan fingerprint density at radius 3 is 2.88 bits per heavy atom. The Morgan fingerprint density at radius 2 is 2.12 bits per heavy atom. The van der Waals surface area contributed by atoms with Crippen LogP contribution in [0.3, 0.4) is 0 Å². The van der Waals surface area contributed by atoms with Crippen molar-refractivity contribution in [3.63, 3.8) is 0 Å². The van der Waals surface area contributed by atoms with E-state index in [9.17, 15) is 4.79 Å². The maximum Gasteiger partial charge on any atom is 0.224 e. The number of methoxy groups -OCH3 is 1. The summed E-state index contributed by atoms with van der Waals surface area (Å²) in [6.45, 7) is 1.69. The summed E-state index contributed by atoms with van der Waals surface area (Å²) in [5.41, 5.74) is 18.3. The Kier molecular flexibility index (Phi) is 4.57. The third-order valence-electron chi connectivity index (χ3n) is 4.14. The maximum absolute atomic E-state index is 13.0. The van der Waals surface area contributed by atoms with Crippen molar-refractivity contribution in [2.45, 2.75) is 6.04 Å². The van der Waals surface area contributed by atoms with E-state index in [2.05, 4.69) is 15.3 Å². The zero-order valence-corrected chi connectivity index (χ0v) is 13.9. The third kappa shape index (κ3) is 3.26. The summed E-state index contributed by atoms with van der Waals surface area (Å²) in [5, 5.41) is 3.22. The lowest BCUT2D eigenvalue weighted by atomic mass is 10.0. The van der Waals surface area contributed by atoms with Gasteiger partial charge in [0.1, 0.15) is 17.5 Å². The van der Waals surface area contributed by atoms with Gasteiger partial charge in [-0.15, -0.1) is 0 Å². The van der Waals surface area contributed by atoms with Gasteiger partial charge in [0, 0.05) is 25.2 Å². The van der Waals surface area contributed by atoms with E-state index in [1.165, 1.54) is 0 Å². The molecule has 0 aliphatic carbocycles. The molecule has 9 nitrogen and oxygen atoms in total. The molecule has 1 fully saturated rings. The second-order valence-electron chi connectivity index (χ2n) is 5.71. The highest BCUT2D eigenvalue weighted by Crippen LogP contribution is 2.29. The molecule has 2 aromatic rings. The van der Waals surface area contributed by atoms with Gasteiger partial charge in [-0.1, -0.05) is 12.1 Å². The van der Waals surface area contributed by atoms with Crippen LogP contribution >= 0.6 is 0 Å². The Balaban J connectivity index is 1.97. The van der Waals surface area contributed by atoms with E-state index in [4.69, 9.17) is 21.9 Å². The SMILES string of the molecule is COc1cccc(C(=O)C2CNCCN2c2nc(N)nc(N)c2N)c1. The minimum atomic E-state index is -0.489. The quantitative estimate of drug-likeness (QED) is 0.559. The zero-order chi connectivity index (χ0) is 18.0. The Hall–Kier alpha value is -3.07. The lowest BCUT2D eigenvalue weighted by Gasteiger charge is -2.36. The number of ether oxygens (including phenoxy) is 1. The number of aromatic nitrogens is 2. The first-order valence-corrected chi connectivity index (χ1v) is 7.85. The van der Waals surface area contributed by atoms with Gasteiger partial charge in [-0.25, -0.2) is 0 Å². The molecule has 1 aliphatic heterocycles. The smallest absolute Gasteiger partial charge is 0.224 e. The van der Waals surface area contributed by atoms with Crippen LogP contribution in [0.2, 0.25) is 0 Å². The number of benzene rings is 1. The molecular formula is C16H21N7O2. The van der Waals surface area contributed by atoms with Crippen LogP contribution < -0.4 is 32.2 Å². The van der Waals surface area contributed by atoms with Gasteiger partial charge in [-0.2, -0.15) is 9.97 Å². The summed E-state index contributed by atoms with van der Waals surface area (Å²) in [6, 6.07) is 6.54. The zero-order valence-electron chi connectivity index (χ0n) is 13.9. The average molecular weight is 343 g/mol. The second-order valence-corrected chi connectivity index (χ2v) is 5.71. The van der Waals surface area contributed by atoms with Crippen LogP contribution in [0.15, 0.2) is 24.3 Å². The molecule has 132 valence electrons. The van der Waals surface area contributed by atoms with Crippen molar-refractivity contribution >= 4 is 29.1 Å². The van der Waals surface area contributed by atoms with Gasteiger partial charge in [-0.3, -0.25) is 4.79 Å². The van der Waals surface area contributed by atoms with Crippen LogP contribution in [-0.4, -0.2) is 48.5 Å². The molecule has 3 rings (SSSR count). The van der Waals surface area contributed by atoms with Crippen molar-refractivity contribution in [2.24, 2.45) is 0 Å². The van der Waals surface area contributed by atoms with Gasteiger partial charge in [0.2, 0.25) is 5.95 Å². The third-order valence-corrected chi connectivity index (χ3v) is 4.14. The molecule has 1 aromatic carbocycles. The molecule has 25 heavy (non-hydrogen) atoms. The Morgan fingerprint density at radius 1 is 1.32 bits per heavy atom. The van der Waals surface area contributed by atoms with E-state index in [1.807, 2.05) is 4.90 Å². The summed E-state index contributed by atoms with van der Waals surface area (Å²) in [6.07, 6.45) is 0. The number of nitrogens with two attached hydrogens (primary N) is 3. The van der Waals surface area contributed by atoms with E-state index in [0.717, 1.165) is 0 Å². The molecule has 2 heterocycles. The van der Waals surface area contributed by atoms with Crippen molar-refractivity contribution in [3.8, 4) is 5.75 Å². The number of ketones is 1. The summed E-state index contributed by atoms with van der Waals surface area (Å²) in [7, 11) is 1.56. The molecule has 1 atom stereocenters. The van der Waals surface area contributed by atoms with E-state index in [1.54, 1.807) is 31.4 Å². The van der Waals surface area contributed by atoms with Gasteiger partial charge < -0.3 is 32.2 Å². The fraction of sp³-hybridized carbons (Fsp3) is 0.312. The number of carbonyl (C=O) groups excluding carboxylic acids is 1. The molecule has 7 N–H and O–H groups in total. The number of piperazine rings is 1. The average Bonchev–Trinajstić information content (AvgIpc) is 2.64. The number of nitrogen functional groups attached to an aromatic ring is 3. The van der Waals surface area contributed by atoms with E-state index in [-0.39, 0.29) is 23.2 Å². The summed E-state index contributed by atoms with van der Waals surface area (Å²) in [4.78, 5) is 22.9. The van der Waals surface area contributed by atoms with Crippen molar-refractivity contribution in [1.82, 2.24) is 15.3 Å². The van der Waals surface area contributed by atoms with Crippen molar-refractivity contribution < 1.29 is 9.53 Å². The molecule has 9 heteroatoms. The summed E-state index contributed by atoms with van der Waals surface area (Å²) >= 11 is 0. The first-order valence-electron chi connectivity index (χ1n) is 7.85. The largest absolute Gasteiger partial charge is 0.497 e. The van der Waals surface area contributed by atoms with Crippen molar-refractivity contribution in [2.75, 3.05) is 48.8 Å². The van der Waals surface area contributed by atoms with Crippen LogP contribution in [0.25, 0.3) is 0 Å². The van der Waals surface area contributed by atoms with Crippen molar-refractivity contribution in [1.29, 1.82) is 0 Å². The molecule has 1 saturated heterocycles. The van der Waals surface area contributed by atoms with Crippen molar-refractivity contribution in [3.05, 3.63) is 29.8 Å². The molecule has 1 unspecified atom stereocenters. The number of hydrogen-bond donors (Lipinski definition) is 4. The maximum atomic E-state index is 13.0. The minimum absolute atomic E-state index is 0.0211. The molecule has 0 bridgehead atoms. The number of nitrogens with one attached hydrogen (secondary N) is 1. The normalized spacial score (nSPS) is 17.3. The van der Waals surface area contributed by atoms with Gasteiger partial charge in [0.15, 0.2) is 17.4 Å². The van der Waals surface area contributed by atoms with Crippen LogP contribution in [0, 0.1) is 0 Å². The Bertz CT molecular complexity index is 796. The Labute approximate surface area is 145 Å². The molecular weight excluding hydrogens is 322 g/mol. The molecule has 1 aliphatic rings. The van der Waals surface area contributed by atoms with Gasteiger partial charge in [-0.05, 0) is 12.1 Å². The molecule has 1 aromatic heterocycles. The highest BCUT2D eigenvalue weighted by Gasteiger charge is 2.32. The highest BCUT2D eigenvalue weighted by molar-refractivity contribution is 6.03. The number of anilines is 4. The van der Waals surface area contributed by atoms with Crippen LogP contribution in [-0.2, 0) is 0 Å². The van der Waals surface area contributed by atoms with E-state index >= 15 is 0 Å². The summed E-state index contributed by atoms with van der Waals surface area (Å²) < 4.78 is 5.20. The highest BCUT2D eigenvalue weighted by atomic mass is 16.5. The topological polar surface area (TPSA) is 145 Å². The van der Waals surface area contributed by atoms with Gasteiger partial charge in [0.25, 0.3) is 0 Å². The predicted octanol–water partition coefficient (Wildman–Crippen LogP) is -0.107. The van der Waals surface area contributed by atoms with Crippen LogP contribution in [0.1, 0.15) is 10.4 Å². The monoisotopic (exact) mass is 343 g/mol. The first-order chi connectivity index (χ1) is 12.0. The lowest BCUT2D eigenvalue weighted by Crippen LogP contribution is -2.55. The van der Waals surface area contributed by atoms with Gasteiger partial charge in [0.05, 0.1) is 7.11 Å². The number of rotatable bonds is 4. The predicted molar refractivity (Wildman–Crippen MR) is 96.6 cm³/mol. The molecule has 0 radical (unpaired) electrons. The van der Waals surface area contributed by atoms with E-state index in [0.29, 0.717) is 36.8 Å². The number of nitrogens with zero attached hydrogens (tertiary/aromatic N) is 3.